The molecule has 2 aromatic rings. The van der Waals surface area contributed by atoms with Crippen molar-refractivity contribution >= 4 is 39.3 Å². The van der Waals surface area contributed by atoms with Crippen molar-refractivity contribution in [3.63, 3.8) is 0 Å². The van der Waals surface area contributed by atoms with Gasteiger partial charge in [-0.3, -0.25) is 14.4 Å². The molecular formula is C33H46N4O8S2. The molecule has 0 saturated carbocycles. The van der Waals surface area contributed by atoms with E-state index in [9.17, 15) is 22.8 Å². The SMILES string of the molecule is CCC(C)C(Nc1ccc2c(cc1=O)C(NC(C)=O)CCc1cc(OC)c(OC)c(OC)c1-2)C(=O)NCCS(=O)(=O)N1CCSCC1. The number of benzene rings is 1. The molecule has 2 aromatic carbocycles. The van der Waals surface area contributed by atoms with Gasteiger partial charge in [0.25, 0.3) is 0 Å². The van der Waals surface area contributed by atoms with Crippen LogP contribution in [0.3, 0.4) is 0 Å². The Morgan fingerprint density at radius 3 is 2.38 bits per heavy atom. The lowest BCUT2D eigenvalue weighted by Crippen LogP contribution is -2.47. The van der Waals surface area contributed by atoms with E-state index in [0.29, 0.717) is 60.7 Å². The molecule has 2 aliphatic rings. The average molecular weight is 691 g/mol. The number of amides is 2. The highest BCUT2D eigenvalue weighted by Gasteiger charge is 2.31. The van der Waals surface area contributed by atoms with Crippen LogP contribution in [0.4, 0.5) is 5.69 Å². The summed E-state index contributed by atoms with van der Waals surface area (Å²) in [5.41, 5.74) is 2.73. The zero-order valence-corrected chi connectivity index (χ0v) is 29.6. The van der Waals surface area contributed by atoms with Gasteiger partial charge < -0.3 is 30.2 Å². The van der Waals surface area contributed by atoms with Gasteiger partial charge in [0.15, 0.2) is 11.5 Å². The third-order valence-corrected chi connectivity index (χ3v) is 11.6. The summed E-state index contributed by atoms with van der Waals surface area (Å²) in [7, 11) is 1.11. The number of nitrogens with zero attached hydrogens (tertiary/aromatic N) is 1. The number of sulfonamides is 1. The summed E-state index contributed by atoms with van der Waals surface area (Å²) in [6, 6.07) is 5.54. The van der Waals surface area contributed by atoms with Crippen molar-refractivity contribution in [3.8, 4) is 28.4 Å². The third kappa shape index (κ3) is 8.33. The van der Waals surface area contributed by atoms with Crippen molar-refractivity contribution < 1.29 is 32.2 Å². The minimum absolute atomic E-state index is 0.0409. The number of ether oxygens (including phenoxy) is 3. The van der Waals surface area contributed by atoms with Gasteiger partial charge in [-0.1, -0.05) is 26.3 Å². The molecule has 0 spiro atoms. The van der Waals surface area contributed by atoms with Crippen LogP contribution < -0.4 is 35.6 Å². The Balaban J connectivity index is 1.71. The van der Waals surface area contributed by atoms with Crippen molar-refractivity contribution in [1.29, 1.82) is 0 Å². The van der Waals surface area contributed by atoms with Crippen molar-refractivity contribution in [2.75, 3.05) is 63.5 Å². The fourth-order valence-corrected chi connectivity index (χ4v) is 8.55. The van der Waals surface area contributed by atoms with Gasteiger partial charge in [0.1, 0.15) is 6.04 Å². The van der Waals surface area contributed by atoms with Gasteiger partial charge in [-0.25, -0.2) is 12.7 Å². The number of carbonyl (C=O) groups is 2. The smallest absolute Gasteiger partial charge is 0.242 e. The number of hydrogen-bond donors (Lipinski definition) is 3. The minimum Gasteiger partial charge on any atom is -0.493 e. The van der Waals surface area contributed by atoms with Crippen LogP contribution in [0.15, 0.2) is 29.1 Å². The summed E-state index contributed by atoms with van der Waals surface area (Å²) in [6.07, 6.45) is 1.72. The van der Waals surface area contributed by atoms with Gasteiger partial charge in [-0.15, -0.1) is 0 Å². The summed E-state index contributed by atoms with van der Waals surface area (Å²) < 4.78 is 44.2. The number of thioether (sulfide) groups is 1. The summed E-state index contributed by atoms with van der Waals surface area (Å²) >= 11 is 1.72. The van der Waals surface area contributed by atoms with Crippen molar-refractivity contribution in [2.24, 2.45) is 5.92 Å². The van der Waals surface area contributed by atoms with E-state index in [2.05, 4.69) is 16.0 Å². The van der Waals surface area contributed by atoms with E-state index in [1.54, 1.807) is 31.0 Å². The molecule has 0 aromatic heterocycles. The first kappa shape index (κ1) is 36.3. The molecule has 1 heterocycles. The quantitative estimate of drug-likeness (QED) is 0.286. The van der Waals surface area contributed by atoms with E-state index >= 15 is 0 Å². The van der Waals surface area contributed by atoms with Crippen molar-refractivity contribution in [1.82, 2.24) is 14.9 Å². The van der Waals surface area contributed by atoms with Crippen LogP contribution in [0.5, 0.6) is 17.2 Å². The number of fused-ring (bicyclic) bond motifs is 3. The molecule has 1 aliphatic carbocycles. The van der Waals surface area contributed by atoms with Crippen LogP contribution in [0.25, 0.3) is 11.1 Å². The molecule has 4 rings (SSSR count). The predicted octanol–water partition coefficient (Wildman–Crippen LogP) is 3.18. The predicted molar refractivity (Wildman–Crippen MR) is 185 cm³/mol. The summed E-state index contributed by atoms with van der Waals surface area (Å²) in [4.78, 5) is 39.6. The lowest BCUT2D eigenvalue weighted by atomic mass is 9.95. The van der Waals surface area contributed by atoms with E-state index in [0.717, 1.165) is 22.6 Å². The van der Waals surface area contributed by atoms with Gasteiger partial charge in [0.2, 0.25) is 33.0 Å². The van der Waals surface area contributed by atoms with Gasteiger partial charge in [0.05, 0.1) is 38.8 Å². The fourth-order valence-electron chi connectivity index (χ4n) is 6.06. The molecule has 47 heavy (non-hydrogen) atoms. The van der Waals surface area contributed by atoms with Crippen molar-refractivity contribution in [3.05, 3.63) is 45.6 Å². The number of carbonyl (C=O) groups excluding carboxylic acids is 2. The molecule has 2 amide bonds. The second-order valence-corrected chi connectivity index (χ2v) is 15.0. The normalized spacial score (nSPS) is 17.6. The standard InChI is InChI=1S/C33H46N4O8S2/c1-7-20(2)30(33(40)34-12-17-47(41,42)37-13-15-46-16-14-37)36-26-11-9-23-24(19-27(26)39)25(35-21(3)38)10-8-22-18-28(43-4)31(44-5)32(45-6)29(22)23/h9,11,18-20,25,30H,7-8,10,12-17H2,1-6H3,(H,34,40)(H,35,38)(H,36,39). The van der Waals surface area contributed by atoms with Crippen LogP contribution in [0.1, 0.15) is 50.8 Å². The number of hydrogen-bond acceptors (Lipinski definition) is 10. The van der Waals surface area contributed by atoms with E-state index in [4.69, 9.17) is 14.2 Å². The molecule has 1 fully saturated rings. The number of anilines is 1. The molecular weight excluding hydrogens is 645 g/mol. The monoisotopic (exact) mass is 690 g/mol. The van der Waals surface area contributed by atoms with E-state index in [-0.39, 0.29) is 35.2 Å². The van der Waals surface area contributed by atoms with E-state index in [1.165, 1.54) is 31.5 Å². The Labute approximate surface area is 281 Å². The van der Waals surface area contributed by atoms with Crippen LogP contribution in [-0.2, 0) is 26.0 Å². The Bertz CT molecular complexity index is 1630. The first-order valence-corrected chi connectivity index (χ1v) is 18.6. The minimum atomic E-state index is -3.49. The van der Waals surface area contributed by atoms with E-state index in [1.807, 2.05) is 19.9 Å². The first-order valence-electron chi connectivity index (χ1n) is 15.8. The summed E-state index contributed by atoms with van der Waals surface area (Å²) in [6.45, 7) is 6.18. The van der Waals surface area contributed by atoms with Crippen LogP contribution in [0.2, 0.25) is 0 Å². The second-order valence-electron chi connectivity index (χ2n) is 11.7. The Morgan fingerprint density at radius 1 is 1.06 bits per heavy atom. The third-order valence-electron chi connectivity index (χ3n) is 8.75. The zero-order chi connectivity index (χ0) is 34.3. The second kappa shape index (κ2) is 16.1. The zero-order valence-electron chi connectivity index (χ0n) is 27.9. The van der Waals surface area contributed by atoms with Gasteiger partial charge in [-0.05, 0) is 53.6 Å². The molecule has 0 bridgehead atoms. The van der Waals surface area contributed by atoms with Crippen molar-refractivity contribution in [2.45, 2.75) is 52.1 Å². The number of nitrogens with one attached hydrogen (secondary N) is 3. The highest BCUT2D eigenvalue weighted by molar-refractivity contribution is 7.99. The molecule has 12 nitrogen and oxygen atoms in total. The molecule has 3 N–H and O–H groups in total. The lowest BCUT2D eigenvalue weighted by molar-refractivity contribution is -0.122. The molecule has 14 heteroatoms. The highest BCUT2D eigenvalue weighted by atomic mass is 32.2. The van der Waals surface area contributed by atoms with Crippen LogP contribution >= 0.6 is 11.8 Å². The maximum atomic E-state index is 13.8. The molecule has 3 atom stereocenters. The molecule has 3 unspecified atom stereocenters. The fraction of sp³-hybridized carbons (Fsp3) is 0.545. The Hall–Kier alpha value is -3.49. The van der Waals surface area contributed by atoms with Crippen LogP contribution in [0, 0.1) is 5.92 Å². The topological polar surface area (TPSA) is 152 Å². The maximum Gasteiger partial charge on any atom is 0.242 e. The summed E-state index contributed by atoms with van der Waals surface area (Å²) in [5, 5.41) is 8.94. The average Bonchev–Trinajstić information content (AvgIpc) is 3.30. The van der Waals surface area contributed by atoms with Gasteiger partial charge in [0, 0.05) is 43.6 Å². The number of aryl methyl sites for hydroxylation is 1. The molecule has 1 aliphatic heterocycles. The summed E-state index contributed by atoms with van der Waals surface area (Å²) in [5.74, 6) is 1.85. The molecule has 0 radical (unpaired) electrons. The Morgan fingerprint density at radius 2 is 1.77 bits per heavy atom. The molecule has 1 saturated heterocycles. The highest BCUT2D eigenvalue weighted by Crippen LogP contribution is 2.50. The number of methoxy groups -OCH3 is 3. The van der Waals surface area contributed by atoms with Gasteiger partial charge in [-0.2, -0.15) is 11.8 Å². The van der Waals surface area contributed by atoms with E-state index < -0.39 is 28.0 Å². The van der Waals surface area contributed by atoms with Crippen LogP contribution in [-0.4, -0.2) is 88.8 Å². The lowest BCUT2D eigenvalue weighted by Gasteiger charge is -2.26. The largest absolute Gasteiger partial charge is 0.493 e. The van der Waals surface area contributed by atoms with Gasteiger partial charge >= 0.3 is 0 Å². The molecule has 258 valence electrons. The Kier molecular flexibility index (Phi) is 12.4. The number of rotatable bonds is 13. The first-order chi connectivity index (χ1) is 22.4. The maximum absolute atomic E-state index is 13.8.